The van der Waals surface area contributed by atoms with E-state index in [1.54, 1.807) is 7.11 Å². The molecule has 7 unspecified atom stereocenters. The summed E-state index contributed by atoms with van der Waals surface area (Å²) in [6.45, 7) is 6.14. The molecule has 5 heteroatoms. The highest BCUT2D eigenvalue weighted by molar-refractivity contribution is 5.91. The van der Waals surface area contributed by atoms with E-state index in [-0.39, 0.29) is 46.9 Å². The Kier molecular flexibility index (Phi) is 6.50. The zero-order chi connectivity index (χ0) is 21.4. The molecule has 3 saturated carbocycles. The maximum atomic E-state index is 12.6. The molecular weight excluding hydrogens is 368 g/mol. The van der Waals surface area contributed by atoms with E-state index in [0.717, 1.165) is 38.4 Å². The largest absolute Gasteiger partial charge is 0.393 e. The Morgan fingerprint density at radius 1 is 1.28 bits per heavy atom. The van der Waals surface area contributed by atoms with Crippen molar-refractivity contribution in [1.82, 2.24) is 0 Å². The van der Waals surface area contributed by atoms with Crippen molar-refractivity contribution >= 4 is 17.9 Å². The first-order chi connectivity index (χ1) is 13.7. The third-order valence-electron chi connectivity index (χ3n) is 8.57. The number of aliphatic hydroxyl groups is 1. The molecular formula is C24H36O5. The van der Waals surface area contributed by atoms with Crippen molar-refractivity contribution in [2.24, 2.45) is 34.5 Å². The highest BCUT2D eigenvalue weighted by Crippen LogP contribution is 2.66. The SMILES string of the molecule is CC=O.COCC(=O)C1CCC2C3CCC4=CC(=O)CCC4(C)C3C(O)CC12C. The molecule has 5 nitrogen and oxygen atoms in total. The summed E-state index contributed by atoms with van der Waals surface area (Å²) in [4.78, 5) is 33.4. The van der Waals surface area contributed by atoms with E-state index in [2.05, 4.69) is 13.8 Å². The van der Waals surface area contributed by atoms with Crippen LogP contribution in [-0.2, 0) is 19.1 Å². The van der Waals surface area contributed by atoms with Crippen LogP contribution in [0.3, 0.4) is 0 Å². The Morgan fingerprint density at radius 2 is 1.97 bits per heavy atom. The average molecular weight is 405 g/mol. The van der Waals surface area contributed by atoms with Crippen LogP contribution in [0.4, 0.5) is 0 Å². The normalized spacial score (nSPS) is 43.1. The first kappa shape index (κ1) is 22.4. The van der Waals surface area contributed by atoms with Gasteiger partial charge in [0.2, 0.25) is 0 Å². The van der Waals surface area contributed by atoms with Crippen molar-refractivity contribution in [3.8, 4) is 0 Å². The molecule has 3 fully saturated rings. The van der Waals surface area contributed by atoms with E-state index in [4.69, 9.17) is 9.53 Å². The lowest BCUT2D eigenvalue weighted by molar-refractivity contribution is -0.147. The van der Waals surface area contributed by atoms with Gasteiger partial charge in [-0.1, -0.05) is 19.4 Å². The van der Waals surface area contributed by atoms with Gasteiger partial charge in [0, 0.05) is 19.4 Å². The number of rotatable bonds is 3. The second-order valence-electron chi connectivity index (χ2n) is 9.93. The molecule has 0 aromatic carbocycles. The fourth-order valence-corrected chi connectivity index (χ4v) is 7.46. The van der Waals surface area contributed by atoms with Gasteiger partial charge in [0.1, 0.15) is 12.9 Å². The molecule has 0 bridgehead atoms. The molecule has 162 valence electrons. The molecule has 1 N–H and O–H groups in total. The van der Waals surface area contributed by atoms with Crippen LogP contribution in [0.5, 0.6) is 0 Å². The summed E-state index contributed by atoms with van der Waals surface area (Å²) < 4.78 is 5.12. The van der Waals surface area contributed by atoms with Crippen LogP contribution in [0, 0.1) is 34.5 Å². The molecule has 7 atom stereocenters. The highest BCUT2D eigenvalue weighted by Gasteiger charge is 2.62. The second kappa shape index (κ2) is 8.43. The summed E-state index contributed by atoms with van der Waals surface area (Å²) in [6, 6.07) is 0. The van der Waals surface area contributed by atoms with Crippen LogP contribution >= 0.6 is 0 Å². The van der Waals surface area contributed by atoms with Gasteiger partial charge in [-0.3, -0.25) is 9.59 Å². The quantitative estimate of drug-likeness (QED) is 0.728. The number of fused-ring (bicyclic) bond motifs is 5. The number of methoxy groups -OCH3 is 1. The molecule has 0 heterocycles. The van der Waals surface area contributed by atoms with E-state index >= 15 is 0 Å². The van der Waals surface area contributed by atoms with Crippen molar-refractivity contribution in [3.63, 3.8) is 0 Å². The maximum Gasteiger partial charge on any atom is 0.162 e. The zero-order valence-electron chi connectivity index (χ0n) is 18.3. The molecule has 0 aromatic rings. The highest BCUT2D eigenvalue weighted by atomic mass is 16.5. The third-order valence-corrected chi connectivity index (χ3v) is 8.57. The van der Waals surface area contributed by atoms with Crippen molar-refractivity contribution in [2.75, 3.05) is 13.7 Å². The van der Waals surface area contributed by atoms with Gasteiger partial charge >= 0.3 is 0 Å². The van der Waals surface area contributed by atoms with Gasteiger partial charge in [0.05, 0.1) is 6.10 Å². The lowest BCUT2D eigenvalue weighted by Gasteiger charge is -2.59. The Bertz CT molecular complexity index is 697. The first-order valence-corrected chi connectivity index (χ1v) is 11.1. The number of aldehydes is 1. The van der Waals surface area contributed by atoms with Gasteiger partial charge in [-0.05, 0) is 80.1 Å². The lowest BCUT2D eigenvalue weighted by atomic mass is 9.46. The van der Waals surface area contributed by atoms with E-state index in [0.29, 0.717) is 24.7 Å². The lowest BCUT2D eigenvalue weighted by Crippen LogP contribution is -2.57. The summed E-state index contributed by atoms with van der Waals surface area (Å²) in [7, 11) is 1.58. The maximum absolute atomic E-state index is 12.6. The fourth-order valence-electron chi connectivity index (χ4n) is 7.46. The summed E-state index contributed by atoms with van der Waals surface area (Å²) in [6.07, 6.45) is 8.43. The number of carbonyl (C=O) groups excluding carboxylic acids is 3. The number of aliphatic hydroxyl groups excluding tert-OH is 1. The Labute approximate surface area is 174 Å². The zero-order valence-corrected chi connectivity index (χ0v) is 18.3. The third kappa shape index (κ3) is 3.65. The van der Waals surface area contributed by atoms with Crippen LogP contribution in [-0.4, -0.2) is 42.8 Å². The van der Waals surface area contributed by atoms with Gasteiger partial charge in [-0.25, -0.2) is 0 Å². The van der Waals surface area contributed by atoms with Crippen molar-refractivity contribution in [2.45, 2.75) is 71.8 Å². The number of hydrogen-bond donors (Lipinski definition) is 1. The van der Waals surface area contributed by atoms with Crippen molar-refractivity contribution in [1.29, 1.82) is 0 Å². The summed E-state index contributed by atoms with van der Waals surface area (Å²) in [5.41, 5.74) is 1.10. The van der Waals surface area contributed by atoms with Crippen LogP contribution in [0.25, 0.3) is 0 Å². The molecule has 4 aliphatic carbocycles. The first-order valence-electron chi connectivity index (χ1n) is 11.1. The predicted octanol–water partition coefficient (Wildman–Crippen LogP) is 3.53. The van der Waals surface area contributed by atoms with E-state index in [9.17, 15) is 14.7 Å². The van der Waals surface area contributed by atoms with Crippen LogP contribution in [0.15, 0.2) is 11.6 Å². The summed E-state index contributed by atoms with van der Waals surface area (Å²) in [5, 5.41) is 11.3. The van der Waals surface area contributed by atoms with Crippen molar-refractivity contribution in [3.05, 3.63) is 11.6 Å². The molecule has 29 heavy (non-hydrogen) atoms. The van der Waals surface area contributed by atoms with Gasteiger partial charge < -0.3 is 14.6 Å². The summed E-state index contributed by atoms with van der Waals surface area (Å²) >= 11 is 0. The molecule has 4 aliphatic rings. The molecule has 0 aromatic heterocycles. The number of allylic oxidation sites excluding steroid dienone is 1. The minimum Gasteiger partial charge on any atom is -0.393 e. The molecule has 4 rings (SSSR count). The van der Waals surface area contributed by atoms with Crippen LogP contribution < -0.4 is 0 Å². The Morgan fingerprint density at radius 3 is 2.62 bits per heavy atom. The second-order valence-corrected chi connectivity index (χ2v) is 9.93. The molecule has 0 saturated heterocycles. The Hall–Kier alpha value is -1.33. The van der Waals surface area contributed by atoms with Gasteiger partial charge in [-0.2, -0.15) is 0 Å². The number of Topliss-reactive ketones (excluding diaryl/α,β-unsaturated/α-hetero) is 1. The minimum absolute atomic E-state index is 0.0146. The van der Waals surface area contributed by atoms with E-state index < -0.39 is 0 Å². The van der Waals surface area contributed by atoms with E-state index in [1.807, 2.05) is 6.08 Å². The smallest absolute Gasteiger partial charge is 0.162 e. The monoisotopic (exact) mass is 404 g/mol. The Balaban J connectivity index is 0.000000755. The fraction of sp³-hybridized carbons (Fsp3) is 0.792. The van der Waals surface area contributed by atoms with Crippen molar-refractivity contribution < 1.29 is 24.2 Å². The standard InChI is InChI=1S/C22H32O4.C2H4O/c1-21-9-8-14(23)10-13(21)4-5-15-16-6-7-17(19(25)12-26-3)22(16,2)11-18(24)20(15)21;1-2-3/h10,15-18,20,24H,4-9,11-12H2,1-3H3;2H,1H3. The van der Waals surface area contributed by atoms with Gasteiger partial charge in [0.25, 0.3) is 0 Å². The molecule has 0 amide bonds. The number of ketones is 2. The molecule has 0 radical (unpaired) electrons. The molecule has 0 aliphatic heterocycles. The number of ether oxygens (including phenoxy) is 1. The minimum atomic E-state index is -0.390. The average Bonchev–Trinajstić information content (AvgIpc) is 2.99. The van der Waals surface area contributed by atoms with Crippen LogP contribution in [0.1, 0.15) is 65.7 Å². The van der Waals surface area contributed by atoms with Gasteiger partial charge in [0.15, 0.2) is 11.6 Å². The number of carbonyl (C=O) groups is 3. The summed E-state index contributed by atoms with van der Waals surface area (Å²) in [5.74, 6) is 1.65. The predicted molar refractivity (Wildman–Crippen MR) is 110 cm³/mol. The van der Waals surface area contributed by atoms with Gasteiger partial charge in [-0.15, -0.1) is 0 Å². The molecule has 0 spiro atoms. The number of hydrogen-bond acceptors (Lipinski definition) is 5. The van der Waals surface area contributed by atoms with Crippen LogP contribution in [0.2, 0.25) is 0 Å². The van der Waals surface area contributed by atoms with E-state index in [1.165, 1.54) is 12.5 Å². The topological polar surface area (TPSA) is 80.7 Å².